The summed E-state index contributed by atoms with van der Waals surface area (Å²) in [6, 6.07) is 0.0843. The second-order valence-electron chi connectivity index (χ2n) is 5.41. The normalized spacial score (nSPS) is 20.5. The number of rotatable bonds is 3. The van der Waals surface area contributed by atoms with E-state index in [1.807, 2.05) is 7.05 Å². The van der Waals surface area contributed by atoms with Crippen molar-refractivity contribution in [3.63, 3.8) is 0 Å². The van der Waals surface area contributed by atoms with Crippen LogP contribution in [0.15, 0.2) is 0 Å². The number of carbonyl (C=O) groups is 1. The summed E-state index contributed by atoms with van der Waals surface area (Å²) >= 11 is 0. The average molecular weight is 293 g/mol. The molecule has 1 atom stereocenters. The highest BCUT2D eigenvalue weighted by Gasteiger charge is 2.28. The van der Waals surface area contributed by atoms with Gasteiger partial charge in [0.25, 0.3) is 0 Å². The monoisotopic (exact) mass is 293 g/mol. The first-order valence-corrected chi connectivity index (χ1v) is 7.14. The highest BCUT2D eigenvalue weighted by atomic mass is 16.5. The molecule has 0 saturated carbocycles. The van der Waals surface area contributed by atoms with E-state index in [-0.39, 0.29) is 17.4 Å². The number of aryl methyl sites for hydroxylation is 1. The smallest absolute Gasteiger partial charge is 0.343 e. The maximum Gasteiger partial charge on any atom is 0.343 e. The van der Waals surface area contributed by atoms with E-state index in [1.54, 1.807) is 13.8 Å². The van der Waals surface area contributed by atoms with Crippen molar-refractivity contribution in [2.45, 2.75) is 19.9 Å². The average Bonchev–Trinajstić information content (AvgIpc) is 2.41. The molecular weight excluding hydrogens is 270 g/mol. The molecule has 0 spiro atoms. The van der Waals surface area contributed by atoms with Crippen LogP contribution < -0.4 is 5.73 Å². The highest BCUT2D eigenvalue weighted by molar-refractivity contribution is 5.95. The van der Waals surface area contributed by atoms with E-state index in [0.29, 0.717) is 18.1 Å². The summed E-state index contributed by atoms with van der Waals surface area (Å²) in [4.78, 5) is 25.2. The van der Waals surface area contributed by atoms with Crippen LogP contribution in [0, 0.1) is 6.92 Å². The number of ether oxygens (including phenoxy) is 1. The number of piperazine rings is 1. The summed E-state index contributed by atoms with van der Waals surface area (Å²) in [5, 5.41) is 0. The summed E-state index contributed by atoms with van der Waals surface area (Å²) in [5.74, 6) is 0.387. The minimum absolute atomic E-state index is 0.0843. The van der Waals surface area contributed by atoms with Gasteiger partial charge in [-0.15, -0.1) is 0 Å². The molecule has 1 unspecified atom stereocenters. The van der Waals surface area contributed by atoms with Gasteiger partial charge in [-0.2, -0.15) is 0 Å². The molecule has 116 valence electrons. The van der Waals surface area contributed by atoms with Crippen LogP contribution in [0.2, 0.25) is 0 Å². The summed E-state index contributed by atoms with van der Waals surface area (Å²) < 4.78 is 5.00. The van der Waals surface area contributed by atoms with Gasteiger partial charge in [0.1, 0.15) is 17.2 Å². The summed E-state index contributed by atoms with van der Waals surface area (Å²) in [6.45, 7) is 6.63. The number of nitrogens with zero attached hydrogens (tertiary/aromatic N) is 4. The van der Waals surface area contributed by atoms with Gasteiger partial charge in [-0.1, -0.05) is 0 Å². The van der Waals surface area contributed by atoms with Gasteiger partial charge in [0.2, 0.25) is 0 Å². The molecule has 0 radical (unpaired) electrons. The third-order valence-electron chi connectivity index (χ3n) is 3.76. The minimum atomic E-state index is -0.465. The van der Waals surface area contributed by atoms with Crippen LogP contribution in [0.5, 0.6) is 0 Å². The second kappa shape index (κ2) is 6.36. The maximum absolute atomic E-state index is 11.9. The molecule has 21 heavy (non-hydrogen) atoms. The lowest BCUT2D eigenvalue weighted by Gasteiger charge is -2.36. The highest BCUT2D eigenvalue weighted by Crippen LogP contribution is 2.23. The Bertz CT molecular complexity index is 511. The molecule has 0 aliphatic carbocycles. The van der Waals surface area contributed by atoms with Gasteiger partial charge in [-0.3, -0.25) is 4.90 Å². The molecule has 1 aliphatic rings. The maximum atomic E-state index is 11.9. The number of anilines is 1. The van der Waals surface area contributed by atoms with Gasteiger partial charge in [0, 0.05) is 19.6 Å². The van der Waals surface area contributed by atoms with Gasteiger partial charge < -0.3 is 15.4 Å². The Labute approximate surface area is 125 Å². The van der Waals surface area contributed by atoms with Crippen molar-refractivity contribution < 1.29 is 9.53 Å². The van der Waals surface area contributed by atoms with E-state index in [2.05, 4.69) is 26.8 Å². The van der Waals surface area contributed by atoms with Crippen molar-refractivity contribution in [1.29, 1.82) is 0 Å². The number of carbonyl (C=O) groups excluding carboxylic acids is 1. The van der Waals surface area contributed by atoms with Crippen LogP contribution in [-0.4, -0.2) is 66.1 Å². The van der Waals surface area contributed by atoms with E-state index in [9.17, 15) is 4.79 Å². The summed E-state index contributed by atoms with van der Waals surface area (Å²) in [5.41, 5.74) is 6.79. The van der Waals surface area contributed by atoms with Crippen LogP contribution >= 0.6 is 0 Å². The molecule has 1 aliphatic heterocycles. The Morgan fingerprint density at radius 1 is 1.38 bits per heavy atom. The van der Waals surface area contributed by atoms with Crippen molar-refractivity contribution in [1.82, 2.24) is 19.8 Å². The Hall–Kier alpha value is -1.73. The van der Waals surface area contributed by atoms with Crippen molar-refractivity contribution in [2.24, 2.45) is 0 Å². The number of hydrogen-bond donors (Lipinski definition) is 1. The predicted molar refractivity (Wildman–Crippen MR) is 80.0 cm³/mol. The molecule has 1 saturated heterocycles. The summed E-state index contributed by atoms with van der Waals surface area (Å²) in [7, 11) is 4.12. The van der Waals surface area contributed by atoms with Crippen LogP contribution in [-0.2, 0) is 4.74 Å². The fourth-order valence-electron chi connectivity index (χ4n) is 2.51. The number of hydrogen-bond acceptors (Lipinski definition) is 7. The molecular formula is C14H23N5O2. The van der Waals surface area contributed by atoms with Crippen molar-refractivity contribution in [3.05, 3.63) is 17.1 Å². The van der Waals surface area contributed by atoms with Gasteiger partial charge in [0.05, 0.1) is 18.3 Å². The lowest BCUT2D eigenvalue weighted by molar-refractivity contribution is 0.0525. The molecule has 2 heterocycles. The lowest BCUT2D eigenvalue weighted by atomic mass is 10.1. The van der Waals surface area contributed by atoms with Crippen LogP contribution in [0.3, 0.4) is 0 Å². The fraction of sp³-hybridized carbons (Fsp3) is 0.643. The quantitative estimate of drug-likeness (QED) is 0.810. The van der Waals surface area contributed by atoms with E-state index >= 15 is 0 Å². The molecule has 1 aromatic heterocycles. The minimum Gasteiger partial charge on any atom is -0.462 e. The molecule has 0 bridgehead atoms. The number of esters is 1. The molecule has 1 fully saturated rings. The van der Waals surface area contributed by atoms with E-state index < -0.39 is 5.97 Å². The Kier molecular flexibility index (Phi) is 4.74. The fourth-order valence-corrected chi connectivity index (χ4v) is 2.51. The number of likely N-dealkylation sites (N-methyl/N-ethyl adjacent to an activating group) is 2. The number of nitrogen functional groups attached to an aromatic ring is 1. The zero-order valence-corrected chi connectivity index (χ0v) is 13.1. The van der Waals surface area contributed by atoms with Gasteiger partial charge in [-0.25, -0.2) is 14.8 Å². The Balaban J connectivity index is 2.33. The first kappa shape index (κ1) is 15.7. The first-order valence-electron chi connectivity index (χ1n) is 7.14. The SMILES string of the molecule is CCOC(=O)c1c(C)nc(C2CN(C)CCN2C)nc1N. The van der Waals surface area contributed by atoms with Gasteiger partial charge >= 0.3 is 5.97 Å². The first-order chi connectivity index (χ1) is 9.93. The standard InChI is InChI=1S/C14H23N5O2/c1-5-21-14(20)11-9(2)16-13(17-12(11)15)10-8-18(3)6-7-19(10)4/h10H,5-8H2,1-4H3,(H2,15,16,17). The van der Waals surface area contributed by atoms with E-state index in [0.717, 1.165) is 19.6 Å². The molecule has 1 aromatic rings. The second-order valence-corrected chi connectivity index (χ2v) is 5.41. The van der Waals surface area contributed by atoms with Crippen LogP contribution in [0.1, 0.15) is 34.8 Å². The molecule has 7 heteroatoms. The topological polar surface area (TPSA) is 84.6 Å². The third-order valence-corrected chi connectivity index (χ3v) is 3.76. The van der Waals surface area contributed by atoms with E-state index in [1.165, 1.54) is 0 Å². The number of aromatic nitrogens is 2. The summed E-state index contributed by atoms with van der Waals surface area (Å²) in [6.07, 6.45) is 0. The third kappa shape index (κ3) is 3.30. The van der Waals surface area contributed by atoms with Gasteiger partial charge in [-0.05, 0) is 27.9 Å². The lowest BCUT2D eigenvalue weighted by Crippen LogP contribution is -2.45. The van der Waals surface area contributed by atoms with Crippen molar-refractivity contribution in [2.75, 3.05) is 46.1 Å². The molecule has 7 nitrogen and oxygen atoms in total. The van der Waals surface area contributed by atoms with Crippen molar-refractivity contribution >= 4 is 11.8 Å². The van der Waals surface area contributed by atoms with Crippen LogP contribution in [0.4, 0.5) is 5.82 Å². The predicted octanol–water partition coefficient (Wildman–Crippen LogP) is 0.462. The Morgan fingerprint density at radius 3 is 2.71 bits per heavy atom. The largest absolute Gasteiger partial charge is 0.462 e. The molecule has 2 N–H and O–H groups in total. The van der Waals surface area contributed by atoms with Gasteiger partial charge in [0.15, 0.2) is 0 Å². The molecule has 2 rings (SSSR count). The van der Waals surface area contributed by atoms with Crippen LogP contribution in [0.25, 0.3) is 0 Å². The molecule has 0 aromatic carbocycles. The van der Waals surface area contributed by atoms with E-state index in [4.69, 9.17) is 10.5 Å². The van der Waals surface area contributed by atoms with Crippen molar-refractivity contribution in [3.8, 4) is 0 Å². The zero-order chi connectivity index (χ0) is 15.6. The Morgan fingerprint density at radius 2 is 2.10 bits per heavy atom. The molecule has 0 amide bonds. The zero-order valence-electron chi connectivity index (χ0n) is 13.1. The number of nitrogens with two attached hydrogens (primary N) is 1.